The first-order valence-corrected chi connectivity index (χ1v) is 10.7. The van der Waals surface area contributed by atoms with Crippen LogP contribution >= 0.6 is 0 Å². The van der Waals surface area contributed by atoms with Crippen molar-refractivity contribution in [2.75, 3.05) is 28.6 Å². The van der Waals surface area contributed by atoms with E-state index < -0.39 is 11.7 Å². The van der Waals surface area contributed by atoms with Gasteiger partial charge in [-0.25, -0.2) is 9.37 Å². The van der Waals surface area contributed by atoms with E-state index in [0.29, 0.717) is 0 Å². The number of rotatable bonds is 6. The molecule has 0 bridgehead atoms. The van der Waals surface area contributed by atoms with Crippen LogP contribution in [0.25, 0.3) is 0 Å². The molecule has 2 fully saturated rings. The molecule has 1 saturated carbocycles. The van der Waals surface area contributed by atoms with Gasteiger partial charge in [-0.3, -0.25) is 4.79 Å². The number of anilines is 4. The second-order valence-corrected chi connectivity index (χ2v) is 8.14. The Morgan fingerprint density at radius 2 is 1.77 bits per heavy atom. The lowest BCUT2D eigenvalue weighted by Crippen LogP contribution is -2.43. The zero-order valence-electron chi connectivity index (χ0n) is 17.0. The molecule has 7 nitrogen and oxygen atoms in total. The van der Waals surface area contributed by atoms with E-state index in [0.717, 1.165) is 56.2 Å². The molecule has 2 heterocycles. The highest BCUT2D eigenvalue weighted by atomic mass is 19.1. The van der Waals surface area contributed by atoms with Crippen molar-refractivity contribution in [1.29, 1.82) is 0 Å². The normalized spacial score (nSPS) is 21.5. The summed E-state index contributed by atoms with van der Waals surface area (Å²) in [5, 5.41) is 6.25. The minimum Gasteiger partial charge on any atom is -0.372 e. The molecule has 160 valence electrons. The van der Waals surface area contributed by atoms with E-state index in [1.54, 1.807) is 0 Å². The number of carbonyl (C=O) groups excluding carboxylic acids is 1. The number of halogens is 1. The number of hydrogen-bond donors (Lipinski definition) is 4. The lowest BCUT2D eigenvalue weighted by atomic mass is 9.91. The standard InChI is InChI=1S/C22H29FN6O/c23-17-13-16(20(25)30)21(28-22(17)27-19-6-2-1-5-18(19)24)26-14-7-9-15(10-8-14)29-11-3-4-12-29/h7-10,13,18-19H,1-6,11-12,24H2,(H2,25,30)(H2,26,27,28)/t18-,19+/m0/s1. The van der Waals surface area contributed by atoms with Crippen LogP contribution in [0.4, 0.5) is 27.4 Å². The Morgan fingerprint density at radius 3 is 2.43 bits per heavy atom. The van der Waals surface area contributed by atoms with Gasteiger partial charge in [0.25, 0.3) is 5.91 Å². The summed E-state index contributed by atoms with van der Waals surface area (Å²) >= 11 is 0. The smallest absolute Gasteiger partial charge is 0.252 e. The summed E-state index contributed by atoms with van der Waals surface area (Å²) in [7, 11) is 0. The third-order valence-corrected chi connectivity index (χ3v) is 5.98. The molecule has 0 unspecified atom stereocenters. The third-order valence-electron chi connectivity index (χ3n) is 5.98. The van der Waals surface area contributed by atoms with Gasteiger partial charge in [0, 0.05) is 36.5 Å². The summed E-state index contributed by atoms with van der Waals surface area (Å²) in [5.41, 5.74) is 13.6. The topological polar surface area (TPSA) is 109 Å². The number of nitrogens with one attached hydrogen (secondary N) is 2. The Labute approximate surface area is 176 Å². The quantitative estimate of drug-likeness (QED) is 0.579. The van der Waals surface area contributed by atoms with E-state index in [2.05, 4.69) is 20.5 Å². The first-order chi connectivity index (χ1) is 14.5. The summed E-state index contributed by atoms with van der Waals surface area (Å²) in [6.45, 7) is 2.13. The number of carbonyl (C=O) groups is 1. The maximum absolute atomic E-state index is 14.6. The predicted octanol–water partition coefficient (Wildman–Crippen LogP) is 3.35. The van der Waals surface area contributed by atoms with Gasteiger partial charge in [-0.1, -0.05) is 12.8 Å². The molecule has 8 heteroatoms. The van der Waals surface area contributed by atoms with Gasteiger partial charge in [0.05, 0.1) is 5.56 Å². The highest BCUT2D eigenvalue weighted by Crippen LogP contribution is 2.28. The molecule has 2 aliphatic rings. The average Bonchev–Trinajstić information content (AvgIpc) is 3.27. The zero-order valence-corrected chi connectivity index (χ0v) is 17.0. The number of amides is 1. The molecular weight excluding hydrogens is 383 g/mol. The van der Waals surface area contributed by atoms with Crippen molar-refractivity contribution in [3.8, 4) is 0 Å². The van der Waals surface area contributed by atoms with Gasteiger partial charge in [-0.05, 0) is 56.0 Å². The van der Waals surface area contributed by atoms with Crippen molar-refractivity contribution < 1.29 is 9.18 Å². The van der Waals surface area contributed by atoms with Crippen molar-refractivity contribution in [3.63, 3.8) is 0 Å². The van der Waals surface area contributed by atoms with Crippen LogP contribution in [0.2, 0.25) is 0 Å². The Morgan fingerprint density at radius 1 is 1.07 bits per heavy atom. The minimum absolute atomic E-state index is 0.00890. The highest BCUT2D eigenvalue weighted by Gasteiger charge is 2.24. The fourth-order valence-corrected chi connectivity index (χ4v) is 4.26. The van der Waals surface area contributed by atoms with Crippen LogP contribution in [-0.4, -0.2) is 36.1 Å². The van der Waals surface area contributed by atoms with Gasteiger partial charge in [0.15, 0.2) is 11.6 Å². The van der Waals surface area contributed by atoms with E-state index in [1.807, 2.05) is 24.3 Å². The van der Waals surface area contributed by atoms with Gasteiger partial charge in [-0.2, -0.15) is 0 Å². The van der Waals surface area contributed by atoms with Crippen LogP contribution in [0.15, 0.2) is 30.3 Å². The number of pyridine rings is 1. The maximum atomic E-state index is 14.6. The number of benzene rings is 1. The molecule has 0 radical (unpaired) electrons. The van der Waals surface area contributed by atoms with Crippen molar-refractivity contribution in [2.24, 2.45) is 11.5 Å². The van der Waals surface area contributed by atoms with Crippen molar-refractivity contribution >= 4 is 28.9 Å². The lowest BCUT2D eigenvalue weighted by Gasteiger charge is -2.30. The molecule has 0 spiro atoms. The lowest BCUT2D eigenvalue weighted by molar-refractivity contribution is 0.100. The van der Waals surface area contributed by atoms with Crippen LogP contribution < -0.4 is 27.0 Å². The Balaban J connectivity index is 1.56. The van der Waals surface area contributed by atoms with E-state index in [9.17, 15) is 9.18 Å². The summed E-state index contributed by atoms with van der Waals surface area (Å²) in [4.78, 5) is 18.6. The van der Waals surface area contributed by atoms with Crippen LogP contribution in [-0.2, 0) is 0 Å². The second kappa shape index (κ2) is 8.87. The maximum Gasteiger partial charge on any atom is 0.252 e. The molecule has 1 amide bonds. The fraction of sp³-hybridized carbons (Fsp3) is 0.455. The van der Waals surface area contributed by atoms with E-state index in [1.165, 1.54) is 12.8 Å². The molecule has 1 aromatic carbocycles. The zero-order chi connectivity index (χ0) is 21.1. The van der Waals surface area contributed by atoms with Crippen molar-refractivity contribution in [1.82, 2.24) is 4.98 Å². The van der Waals surface area contributed by atoms with Crippen LogP contribution in [0.5, 0.6) is 0 Å². The van der Waals surface area contributed by atoms with Gasteiger partial charge in [-0.15, -0.1) is 0 Å². The molecule has 2 aromatic rings. The first-order valence-electron chi connectivity index (χ1n) is 10.7. The number of nitrogens with two attached hydrogens (primary N) is 2. The molecule has 1 aliphatic carbocycles. The largest absolute Gasteiger partial charge is 0.372 e. The monoisotopic (exact) mass is 412 g/mol. The fourth-order valence-electron chi connectivity index (χ4n) is 4.26. The van der Waals surface area contributed by atoms with Crippen molar-refractivity contribution in [2.45, 2.75) is 50.6 Å². The summed E-state index contributed by atoms with van der Waals surface area (Å²) in [6.07, 6.45) is 6.30. The molecule has 1 saturated heterocycles. The van der Waals surface area contributed by atoms with E-state index in [-0.39, 0.29) is 29.3 Å². The van der Waals surface area contributed by atoms with E-state index in [4.69, 9.17) is 11.5 Å². The van der Waals surface area contributed by atoms with Gasteiger partial charge in [0.2, 0.25) is 0 Å². The summed E-state index contributed by atoms with van der Waals surface area (Å²) < 4.78 is 14.6. The highest BCUT2D eigenvalue weighted by molar-refractivity contribution is 5.98. The van der Waals surface area contributed by atoms with Crippen LogP contribution in [0.3, 0.4) is 0 Å². The Bertz CT molecular complexity index is 897. The number of nitrogens with zero attached hydrogens (tertiary/aromatic N) is 2. The number of primary amides is 1. The summed E-state index contributed by atoms with van der Waals surface area (Å²) in [5.74, 6) is -1.04. The Hall–Kier alpha value is -2.87. The van der Waals surface area contributed by atoms with E-state index >= 15 is 0 Å². The van der Waals surface area contributed by atoms with Gasteiger partial charge < -0.3 is 27.0 Å². The molecule has 30 heavy (non-hydrogen) atoms. The SMILES string of the molecule is NC(=O)c1cc(F)c(N[C@@H]2CCCC[C@@H]2N)nc1Nc1ccc(N2CCCC2)cc1. The van der Waals surface area contributed by atoms with Crippen molar-refractivity contribution in [3.05, 3.63) is 41.7 Å². The average molecular weight is 413 g/mol. The third kappa shape index (κ3) is 4.48. The van der Waals surface area contributed by atoms with Crippen LogP contribution in [0.1, 0.15) is 48.9 Å². The molecule has 2 atom stereocenters. The molecule has 1 aromatic heterocycles. The number of aromatic nitrogens is 1. The number of hydrogen-bond acceptors (Lipinski definition) is 6. The second-order valence-electron chi connectivity index (χ2n) is 8.14. The minimum atomic E-state index is -0.737. The van der Waals surface area contributed by atoms with Crippen LogP contribution in [0, 0.1) is 5.82 Å². The molecule has 4 rings (SSSR count). The Kier molecular flexibility index (Phi) is 6.03. The van der Waals surface area contributed by atoms with Gasteiger partial charge in [0.1, 0.15) is 5.82 Å². The predicted molar refractivity (Wildman–Crippen MR) is 118 cm³/mol. The molecular formula is C22H29FN6O. The van der Waals surface area contributed by atoms with Gasteiger partial charge >= 0.3 is 0 Å². The molecule has 6 N–H and O–H groups in total. The first kappa shape index (κ1) is 20.4. The molecule has 1 aliphatic heterocycles. The summed E-state index contributed by atoms with van der Waals surface area (Å²) in [6, 6.07) is 8.94.